The van der Waals surface area contributed by atoms with E-state index in [0.717, 1.165) is 5.56 Å². The summed E-state index contributed by atoms with van der Waals surface area (Å²) >= 11 is 11.9. The van der Waals surface area contributed by atoms with Crippen molar-refractivity contribution in [1.29, 1.82) is 0 Å². The molecule has 26 heavy (non-hydrogen) atoms. The lowest BCUT2D eigenvalue weighted by Crippen LogP contribution is -2.45. The summed E-state index contributed by atoms with van der Waals surface area (Å²) in [5.41, 5.74) is 0.973. The Morgan fingerprint density at radius 3 is 2.38 bits per heavy atom. The van der Waals surface area contributed by atoms with Crippen LogP contribution in [0, 0.1) is 13.8 Å². The molecule has 1 aromatic carbocycles. The highest BCUT2D eigenvalue weighted by Crippen LogP contribution is 2.25. The average Bonchev–Trinajstić information content (AvgIpc) is 2.88. The van der Waals surface area contributed by atoms with Crippen LogP contribution in [0.5, 0.6) is 0 Å². The first-order valence-corrected chi connectivity index (χ1v) is 9.97. The van der Waals surface area contributed by atoms with Crippen LogP contribution in [0.1, 0.15) is 36.9 Å². The lowest BCUT2D eigenvalue weighted by Gasteiger charge is -2.19. The molecule has 0 saturated carbocycles. The Bertz CT molecular complexity index is 908. The molecule has 0 spiro atoms. The number of nitrogens with one attached hydrogen (secondary N) is 2. The van der Waals surface area contributed by atoms with Crippen LogP contribution < -0.4 is 10.0 Å². The van der Waals surface area contributed by atoms with Gasteiger partial charge in [0.25, 0.3) is 0 Å². The molecule has 1 unspecified atom stereocenters. The molecule has 0 fully saturated rings. The number of amides is 1. The number of hydrogen-bond donors (Lipinski definition) is 2. The van der Waals surface area contributed by atoms with Crippen molar-refractivity contribution in [2.75, 3.05) is 0 Å². The number of benzene rings is 1. The molecule has 0 bridgehead atoms. The average molecular weight is 420 g/mol. The lowest BCUT2D eigenvalue weighted by atomic mass is 10.1. The van der Waals surface area contributed by atoms with Crippen molar-refractivity contribution < 1.29 is 17.7 Å². The Balaban J connectivity index is 2.08. The molecule has 2 atom stereocenters. The van der Waals surface area contributed by atoms with E-state index in [0.29, 0.717) is 10.0 Å². The van der Waals surface area contributed by atoms with Gasteiger partial charge in [0.2, 0.25) is 15.9 Å². The Kier molecular flexibility index (Phi) is 6.33. The maximum absolute atomic E-state index is 12.5. The zero-order valence-corrected chi connectivity index (χ0v) is 17.0. The van der Waals surface area contributed by atoms with Crippen molar-refractivity contribution in [2.24, 2.45) is 0 Å². The Morgan fingerprint density at radius 2 is 1.85 bits per heavy atom. The van der Waals surface area contributed by atoms with Crippen molar-refractivity contribution in [2.45, 2.75) is 44.7 Å². The quantitative estimate of drug-likeness (QED) is 0.748. The molecule has 0 saturated heterocycles. The summed E-state index contributed by atoms with van der Waals surface area (Å²) in [7, 11) is -3.94. The van der Waals surface area contributed by atoms with Gasteiger partial charge in [0.1, 0.15) is 10.6 Å². The Morgan fingerprint density at radius 1 is 1.19 bits per heavy atom. The van der Waals surface area contributed by atoms with E-state index in [1.165, 1.54) is 20.8 Å². The maximum atomic E-state index is 12.5. The molecule has 2 rings (SSSR count). The molecule has 2 N–H and O–H groups in total. The van der Waals surface area contributed by atoms with E-state index in [1.807, 2.05) is 0 Å². The molecule has 142 valence electrons. The Labute approximate surface area is 162 Å². The van der Waals surface area contributed by atoms with Crippen LogP contribution in [0.2, 0.25) is 10.0 Å². The third kappa shape index (κ3) is 4.56. The van der Waals surface area contributed by atoms with E-state index in [9.17, 15) is 13.2 Å². The largest absolute Gasteiger partial charge is 0.360 e. The summed E-state index contributed by atoms with van der Waals surface area (Å²) in [6.45, 7) is 6.22. The molecule has 0 radical (unpaired) electrons. The molecule has 2 aromatic rings. The van der Waals surface area contributed by atoms with Crippen molar-refractivity contribution >= 4 is 39.1 Å². The summed E-state index contributed by atoms with van der Waals surface area (Å²) in [5, 5.41) is 7.14. The van der Waals surface area contributed by atoms with Gasteiger partial charge >= 0.3 is 0 Å². The predicted octanol–water partition coefficient (Wildman–Crippen LogP) is 3.14. The predicted molar refractivity (Wildman–Crippen MR) is 98.8 cm³/mol. The first kappa shape index (κ1) is 20.7. The number of sulfonamides is 1. The van der Waals surface area contributed by atoms with Gasteiger partial charge in [-0.15, -0.1) is 0 Å². The highest BCUT2D eigenvalue weighted by atomic mass is 35.5. The number of hydrogen-bond acceptors (Lipinski definition) is 5. The molecule has 0 aliphatic heterocycles. The van der Waals surface area contributed by atoms with Crippen LogP contribution in [-0.4, -0.2) is 25.5 Å². The highest BCUT2D eigenvalue weighted by molar-refractivity contribution is 7.89. The van der Waals surface area contributed by atoms with Gasteiger partial charge in [-0.2, -0.15) is 4.72 Å². The van der Waals surface area contributed by atoms with Crippen LogP contribution in [0.4, 0.5) is 0 Å². The molecule has 7 nitrogen and oxygen atoms in total. The second kappa shape index (κ2) is 7.96. The fraction of sp³-hybridized carbons (Fsp3) is 0.375. The van der Waals surface area contributed by atoms with Crippen molar-refractivity contribution in [1.82, 2.24) is 15.2 Å². The molecule has 1 heterocycles. The van der Waals surface area contributed by atoms with Gasteiger partial charge < -0.3 is 9.84 Å². The van der Waals surface area contributed by atoms with Gasteiger partial charge in [0.05, 0.1) is 22.1 Å². The maximum Gasteiger partial charge on any atom is 0.246 e. The van der Waals surface area contributed by atoms with Gasteiger partial charge in [-0.1, -0.05) is 34.4 Å². The second-order valence-electron chi connectivity index (χ2n) is 5.90. The van der Waals surface area contributed by atoms with Gasteiger partial charge in [-0.25, -0.2) is 8.42 Å². The second-order valence-corrected chi connectivity index (χ2v) is 8.37. The number of rotatable bonds is 6. The number of halogens is 2. The van der Waals surface area contributed by atoms with E-state index in [2.05, 4.69) is 15.2 Å². The smallest absolute Gasteiger partial charge is 0.246 e. The fourth-order valence-electron chi connectivity index (χ4n) is 2.41. The first-order chi connectivity index (χ1) is 12.0. The molecule has 0 aliphatic carbocycles. The highest BCUT2D eigenvalue weighted by Gasteiger charge is 2.28. The van der Waals surface area contributed by atoms with E-state index < -0.39 is 22.0 Å². The van der Waals surface area contributed by atoms with Crippen LogP contribution >= 0.6 is 23.2 Å². The van der Waals surface area contributed by atoms with E-state index in [4.69, 9.17) is 27.7 Å². The minimum absolute atomic E-state index is 0.0605. The fourth-order valence-corrected chi connectivity index (χ4v) is 4.25. The number of aromatic nitrogens is 1. The van der Waals surface area contributed by atoms with Gasteiger partial charge in [0, 0.05) is 0 Å². The SMILES string of the molecule is Cc1noc(C)c1S(=O)(=O)N[C@@H](C)C(=O)NC(C)c1ccc(Cl)c(Cl)c1. The normalized spacial score (nSPS) is 14.1. The summed E-state index contributed by atoms with van der Waals surface area (Å²) in [5.74, 6) is -0.328. The summed E-state index contributed by atoms with van der Waals surface area (Å²) in [4.78, 5) is 12.3. The zero-order chi connectivity index (χ0) is 19.6. The lowest BCUT2D eigenvalue weighted by molar-refractivity contribution is -0.123. The van der Waals surface area contributed by atoms with Crippen LogP contribution in [0.25, 0.3) is 0 Å². The minimum atomic E-state index is -3.94. The molecule has 10 heteroatoms. The summed E-state index contributed by atoms with van der Waals surface area (Å²) in [6, 6.07) is 3.62. The number of carbonyl (C=O) groups excluding carboxylic acids is 1. The van der Waals surface area contributed by atoms with Crippen molar-refractivity contribution in [3.05, 3.63) is 45.3 Å². The van der Waals surface area contributed by atoms with E-state index >= 15 is 0 Å². The van der Waals surface area contributed by atoms with Crippen molar-refractivity contribution in [3.63, 3.8) is 0 Å². The zero-order valence-electron chi connectivity index (χ0n) is 14.6. The Hall–Kier alpha value is -1.61. The number of carbonyl (C=O) groups is 1. The van der Waals surface area contributed by atoms with Crippen LogP contribution in [0.3, 0.4) is 0 Å². The standard InChI is InChI=1S/C16H19Cl2N3O4S/c1-8(12-5-6-13(17)14(18)7-12)19-16(22)10(3)21-26(23,24)15-9(2)20-25-11(15)4/h5-8,10,21H,1-4H3,(H,19,22)/t8?,10-/m0/s1. The van der Waals surface area contributed by atoms with Crippen molar-refractivity contribution in [3.8, 4) is 0 Å². The van der Waals surface area contributed by atoms with Crippen LogP contribution in [0.15, 0.2) is 27.6 Å². The van der Waals surface area contributed by atoms with E-state index in [-0.39, 0.29) is 22.4 Å². The van der Waals surface area contributed by atoms with Gasteiger partial charge in [-0.3, -0.25) is 4.79 Å². The van der Waals surface area contributed by atoms with Gasteiger partial charge in [-0.05, 0) is 45.4 Å². The summed E-state index contributed by atoms with van der Waals surface area (Å²) < 4.78 is 32.1. The summed E-state index contributed by atoms with van der Waals surface area (Å²) in [6.07, 6.45) is 0. The number of aryl methyl sites for hydroxylation is 2. The molecular formula is C16H19Cl2N3O4S. The van der Waals surface area contributed by atoms with E-state index in [1.54, 1.807) is 25.1 Å². The number of nitrogens with zero attached hydrogens (tertiary/aromatic N) is 1. The first-order valence-electron chi connectivity index (χ1n) is 7.73. The molecule has 1 amide bonds. The third-order valence-corrected chi connectivity index (χ3v) is 6.29. The molecule has 0 aliphatic rings. The van der Waals surface area contributed by atoms with Crippen LogP contribution in [-0.2, 0) is 14.8 Å². The van der Waals surface area contributed by atoms with Gasteiger partial charge in [0.15, 0.2) is 5.76 Å². The third-order valence-electron chi connectivity index (χ3n) is 3.76. The molecular weight excluding hydrogens is 401 g/mol. The topological polar surface area (TPSA) is 101 Å². The minimum Gasteiger partial charge on any atom is -0.360 e. The molecule has 1 aromatic heterocycles. The monoisotopic (exact) mass is 419 g/mol.